The van der Waals surface area contributed by atoms with E-state index in [4.69, 9.17) is 14.6 Å². The van der Waals surface area contributed by atoms with E-state index >= 15 is 0 Å². The number of aliphatic carboxylic acids is 1. The average Bonchev–Trinajstić information content (AvgIpc) is 3.46. The lowest BCUT2D eigenvalue weighted by molar-refractivity contribution is -0.139. The third-order valence-electron chi connectivity index (χ3n) is 8.53. The maximum atomic E-state index is 14.1. The molecule has 2 fully saturated rings. The Morgan fingerprint density at radius 3 is 2.53 bits per heavy atom. The fraction of sp³-hybridized carbons (Fsp3) is 0.536. The molecule has 5 nitrogen and oxygen atoms in total. The molecule has 4 atom stereocenters. The second kappa shape index (κ2) is 8.98. The predicted octanol–water partition coefficient (Wildman–Crippen LogP) is 6.24. The maximum Gasteiger partial charge on any atom is 0.416 e. The molecule has 192 valence electrons. The van der Waals surface area contributed by atoms with Gasteiger partial charge in [0.05, 0.1) is 18.6 Å². The second-order valence-electron chi connectivity index (χ2n) is 10.6. The summed E-state index contributed by atoms with van der Waals surface area (Å²) in [7, 11) is 0. The molecule has 8 heteroatoms. The molecule has 36 heavy (non-hydrogen) atoms. The van der Waals surface area contributed by atoms with Crippen molar-refractivity contribution in [1.29, 1.82) is 0 Å². The van der Waals surface area contributed by atoms with Crippen LogP contribution in [0.5, 0.6) is 11.5 Å². The number of ether oxygens (including phenoxy) is 2. The molecule has 3 aliphatic heterocycles. The summed E-state index contributed by atoms with van der Waals surface area (Å²) in [5.41, 5.74) is 2.40. The molecule has 0 radical (unpaired) electrons. The van der Waals surface area contributed by atoms with Crippen LogP contribution in [0.3, 0.4) is 0 Å². The van der Waals surface area contributed by atoms with Crippen molar-refractivity contribution in [3.05, 3.63) is 58.1 Å². The van der Waals surface area contributed by atoms with E-state index in [1.165, 1.54) is 12.5 Å². The number of hydrogen-bond acceptors (Lipinski definition) is 4. The van der Waals surface area contributed by atoms with Crippen LogP contribution in [0.25, 0.3) is 0 Å². The van der Waals surface area contributed by atoms with Gasteiger partial charge in [0.25, 0.3) is 0 Å². The first-order valence-corrected chi connectivity index (χ1v) is 12.9. The molecule has 1 aliphatic carbocycles. The van der Waals surface area contributed by atoms with Crippen molar-refractivity contribution < 1.29 is 32.5 Å². The highest BCUT2D eigenvalue weighted by Gasteiger charge is 2.41. The van der Waals surface area contributed by atoms with Crippen LogP contribution in [0.15, 0.2) is 30.3 Å². The third kappa shape index (κ3) is 4.23. The minimum absolute atomic E-state index is 0.00620. The number of hydrogen-bond donors (Lipinski definition) is 1. The summed E-state index contributed by atoms with van der Waals surface area (Å²) in [6.07, 6.45) is 1.96. The zero-order chi connectivity index (χ0) is 25.0. The Labute approximate surface area is 208 Å². The Bertz CT molecular complexity index is 1160. The molecule has 0 saturated carbocycles. The summed E-state index contributed by atoms with van der Waals surface area (Å²) in [5.74, 6) is 0.141. The molecular weight excluding hydrogens is 471 g/mol. The van der Waals surface area contributed by atoms with E-state index in [-0.39, 0.29) is 18.4 Å². The number of fused-ring (bicyclic) bond motifs is 4. The van der Waals surface area contributed by atoms with Crippen LogP contribution in [0.2, 0.25) is 0 Å². The lowest BCUT2D eigenvalue weighted by Gasteiger charge is -2.36. The zero-order valence-corrected chi connectivity index (χ0v) is 20.0. The molecule has 0 amide bonds. The molecule has 2 aromatic rings. The highest BCUT2D eigenvalue weighted by atomic mass is 19.4. The summed E-state index contributed by atoms with van der Waals surface area (Å²) in [4.78, 5) is 13.4. The van der Waals surface area contributed by atoms with Gasteiger partial charge < -0.3 is 14.6 Å². The molecule has 0 aromatic heterocycles. The highest BCUT2D eigenvalue weighted by molar-refractivity contribution is 5.68. The van der Waals surface area contributed by atoms with E-state index < -0.39 is 17.7 Å². The fourth-order valence-corrected chi connectivity index (χ4v) is 6.85. The van der Waals surface area contributed by atoms with E-state index in [1.54, 1.807) is 18.2 Å². The van der Waals surface area contributed by atoms with Gasteiger partial charge in [-0.05, 0) is 67.3 Å². The summed E-state index contributed by atoms with van der Waals surface area (Å²) in [5, 5.41) is 9.11. The fourth-order valence-electron chi connectivity index (χ4n) is 6.85. The Balaban J connectivity index is 1.27. The molecule has 2 aromatic carbocycles. The van der Waals surface area contributed by atoms with Crippen LogP contribution in [-0.2, 0) is 23.9 Å². The van der Waals surface area contributed by atoms with Gasteiger partial charge in [-0.2, -0.15) is 13.2 Å². The van der Waals surface area contributed by atoms with E-state index in [0.717, 1.165) is 42.4 Å². The van der Waals surface area contributed by atoms with Gasteiger partial charge in [0.2, 0.25) is 0 Å². The van der Waals surface area contributed by atoms with Gasteiger partial charge in [0.1, 0.15) is 17.6 Å². The van der Waals surface area contributed by atoms with E-state index in [1.807, 2.05) is 6.07 Å². The van der Waals surface area contributed by atoms with Crippen molar-refractivity contribution in [1.82, 2.24) is 4.90 Å². The van der Waals surface area contributed by atoms with Gasteiger partial charge in [-0.15, -0.1) is 0 Å². The van der Waals surface area contributed by atoms with E-state index in [0.29, 0.717) is 55.1 Å². The number of piperidine rings is 1. The van der Waals surface area contributed by atoms with Crippen molar-refractivity contribution in [3.63, 3.8) is 0 Å². The number of alkyl halides is 3. The van der Waals surface area contributed by atoms with Gasteiger partial charge in [-0.3, -0.25) is 9.69 Å². The van der Waals surface area contributed by atoms with Crippen LogP contribution in [-0.4, -0.2) is 34.7 Å². The minimum atomic E-state index is -4.39. The molecule has 2 unspecified atom stereocenters. The third-order valence-corrected chi connectivity index (χ3v) is 8.53. The van der Waals surface area contributed by atoms with Gasteiger partial charge in [-0.1, -0.05) is 18.6 Å². The van der Waals surface area contributed by atoms with Crippen molar-refractivity contribution >= 4 is 5.97 Å². The molecule has 1 N–H and O–H groups in total. The topological polar surface area (TPSA) is 59.0 Å². The molecule has 0 spiro atoms. The molecular formula is C28H30F3NO4. The quantitative estimate of drug-likeness (QED) is 0.508. The van der Waals surface area contributed by atoms with Crippen molar-refractivity contribution in [2.24, 2.45) is 0 Å². The van der Waals surface area contributed by atoms with Crippen molar-refractivity contribution in [2.75, 3.05) is 6.61 Å². The standard InChI is InChI=1S/C28H30F3NO4/c29-28(30,31)24-10-8-22-21(23(24)14-32-17-2-1-3-18(32)5-4-17)9-11-25(22)36-19-6-7-20-16(12-27(33)34)15-35-26(20)13-19/h6-8,10,13,16-18,25H,1-5,9,11-12,14-15H2,(H,33,34)/t16-,17?,18?,25-/m1/s1. The molecule has 2 bridgehead atoms. The Hall–Kier alpha value is -2.74. The first-order valence-electron chi connectivity index (χ1n) is 12.9. The number of carboxylic acids is 1. The Morgan fingerprint density at radius 2 is 1.81 bits per heavy atom. The summed E-state index contributed by atoms with van der Waals surface area (Å²) >= 11 is 0. The first kappa shape index (κ1) is 23.6. The number of nitrogens with zero attached hydrogens (tertiary/aromatic N) is 1. The van der Waals surface area contributed by atoms with E-state index in [2.05, 4.69) is 4.90 Å². The number of carboxylic acid groups (broad SMARTS) is 1. The maximum absolute atomic E-state index is 14.1. The minimum Gasteiger partial charge on any atom is -0.492 e. The van der Waals surface area contributed by atoms with Crippen LogP contribution in [0.4, 0.5) is 13.2 Å². The number of benzene rings is 2. The normalized spacial score (nSPS) is 27.0. The summed E-state index contributed by atoms with van der Waals surface area (Å²) in [6.45, 7) is 0.678. The predicted molar refractivity (Wildman–Crippen MR) is 126 cm³/mol. The zero-order valence-electron chi connectivity index (χ0n) is 20.0. The van der Waals surface area contributed by atoms with Crippen molar-refractivity contribution in [3.8, 4) is 11.5 Å². The molecule has 2 saturated heterocycles. The lowest BCUT2D eigenvalue weighted by Crippen LogP contribution is -2.39. The SMILES string of the molecule is O=C(O)C[C@@H]1COc2cc(O[C@@H]3CCc4c3ccc(C(F)(F)F)c4CN3C4CCCC3CC4)ccc21. The molecule has 4 aliphatic rings. The van der Waals surface area contributed by atoms with Crippen LogP contribution in [0.1, 0.15) is 84.8 Å². The molecule has 6 rings (SSSR count). The van der Waals surface area contributed by atoms with Gasteiger partial charge in [-0.25, -0.2) is 0 Å². The number of rotatable bonds is 6. The Morgan fingerprint density at radius 1 is 1.06 bits per heavy atom. The lowest BCUT2D eigenvalue weighted by atomic mass is 9.94. The largest absolute Gasteiger partial charge is 0.492 e. The van der Waals surface area contributed by atoms with Crippen LogP contribution in [0, 0.1) is 0 Å². The van der Waals surface area contributed by atoms with Crippen molar-refractivity contribution in [2.45, 2.75) is 88.2 Å². The van der Waals surface area contributed by atoms with Gasteiger partial charge >= 0.3 is 12.1 Å². The first-order chi connectivity index (χ1) is 17.3. The monoisotopic (exact) mass is 501 g/mol. The smallest absolute Gasteiger partial charge is 0.416 e. The highest BCUT2D eigenvalue weighted by Crippen LogP contribution is 2.46. The van der Waals surface area contributed by atoms with Gasteiger partial charge in [0.15, 0.2) is 0 Å². The Kier molecular flexibility index (Phi) is 5.90. The average molecular weight is 502 g/mol. The van der Waals surface area contributed by atoms with Gasteiger partial charge in [0, 0.05) is 36.2 Å². The molecule has 3 heterocycles. The number of halogens is 3. The summed E-state index contributed by atoms with van der Waals surface area (Å²) < 4.78 is 54.2. The van der Waals surface area contributed by atoms with E-state index in [9.17, 15) is 18.0 Å². The van der Waals surface area contributed by atoms with Crippen LogP contribution >= 0.6 is 0 Å². The van der Waals surface area contributed by atoms with Crippen LogP contribution < -0.4 is 9.47 Å². The second-order valence-corrected chi connectivity index (χ2v) is 10.6. The summed E-state index contributed by atoms with van der Waals surface area (Å²) in [6, 6.07) is 9.03. The number of carbonyl (C=O) groups is 1.